The highest BCUT2D eigenvalue weighted by atomic mass is 16.5. The van der Waals surface area contributed by atoms with E-state index >= 15 is 0 Å². The highest BCUT2D eigenvalue weighted by molar-refractivity contribution is 4.70. The summed E-state index contributed by atoms with van der Waals surface area (Å²) in [7, 11) is 3.75. The molecule has 0 heterocycles. The van der Waals surface area contributed by atoms with Crippen LogP contribution in [0.1, 0.15) is 20.3 Å². The quantitative estimate of drug-likeness (QED) is 0.408. The SMILES string of the molecule is CCC(O)(O)C(C)[N+](C)(C)CCO. The molecule has 0 aliphatic rings. The van der Waals surface area contributed by atoms with Crippen LogP contribution in [0.4, 0.5) is 0 Å². The Morgan fingerprint density at radius 2 is 1.77 bits per heavy atom. The van der Waals surface area contributed by atoms with Gasteiger partial charge < -0.3 is 19.8 Å². The molecular weight excluding hydrogens is 170 g/mol. The van der Waals surface area contributed by atoms with E-state index in [0.29, 0.717) is 17.4 Å². The highest BCUT2D eigenvalue weighted by Crippen LogP contribution is 2.20. The van der Waals surface area contributed by atoms with Gasteiger partial charge in [-0.15, -0.1) is 0 Å². The molecule has 0 aromatic carbocycles. The Hall–Kier alpha value is -0.160. The third-order valence-electron chi connectivity index (χ3n) is 2.91. The fraction of sp³-hybridized carbons (Fsp3) is 1.00. The number of rotatable bonds is 5. The van der Waals surface area contributed by atoms with E-state index < -0.39 is 5.79 Å². The molecule has 0 saturated carbocycles. The van der Waals surface area contributed by atoms with Crippen molar-refractivity contribution in [3.8, 4) is 0 Å². The van der Waals surface area contributed by atoms with E-state index in [2.05, 4.69) is 0 Å². The largest absolute Gasteiger partial charge is 0.391 e. The minimum Gasteiger partial charge on any atom is -0.391 e. The van der Waals surface area contributed by atoms with Crippen LogP contribution in [0.3, 0.4) is 0 Å². The molecule has 1 unspecified atom stereocenters. The molecule has 0 radical (unpaired) electrons. The van der Waals surface area contributed by atoms with Crippen LogP contribution in [0, 0.1) is 0 Å². The van der Waals surface area contributed by atoms with Crippen LogP contribution < -0.4 is 0 Å². The molecule has 0 amide bonds. The number of nitrogens with zero attached hydrogens (tertiary/aromatic N) is 1. The lowest BCUT2D eigenvalue weighted by atomic mass is 10.0. The van der Waals surface area contributed by atoms with Gasteiger partial charge in [0.25, 0.3) is 0 Å². The van der Waals surface area contributed by atoms with Gasteiger partial charge in [-0.3, -0.25) is 0 Å². The fourth-order valence-corrected chi connectivity index (χ4v) is 1.31. The van der Waals surface area contributed by atoms with Crippen molar-refractivity contribution in [2.24, 2.45) is 0 Å². The second-order valence-corrected chi connectivity index (χ2v) is 4.13. The molecule has 4 nitrogen and oxygen atoms in total. The zero-order chi connectivity index (χ0) is 10.7. The van der Waals surface area contributed by atoms with Crippen molar-refractivity contribution in [3.63, 3.8) is 0 Å². The van der Waals surface area contributed by atoms with E-state index in [-0.39, 0.29) is 12.6 Å². The fourth-order valence-electron chi connectivity index (χ4n) is 1.31. The Bertz CT molecular complexity index is 157. The van der Waals surface area contributed by atoms with Crippen molar-refractivity contribution in [1.29, 1.82) is 0 Å². The Morgan fingerprint density at radius 1 is 1.31 bits per heavy atom. The number of aliphatic hydroxyl groups excluding tert-OH is 1. The van der Waals surface area contributed by atoms with Crippen molar-refractivity contribution in [2.45, 2.75) is 32.1 Å². The molecule has 0 aliphatic heterocycles. The van der Waals surface area contributed by atoms with Crippen LogP contribution in [-0.2, 0) is 0 Å². The Balaban J connectivity index is 4.47. The smallest absolute Gasteiger partial charge is 0.216 e. The zero-order valence-corrected chi connectivity index (χ0v) is 8.99. The predicted octanol–water partition coefficient (Wildman–Crippen LogP) is -0.466. The van der Waals surface area contributed by atoms with Gasteiger partial charge in [0.2, 0.25) is 5.79 Å². The van der Waals surface area contributed by atoms with E-state index in [0.717, 1.165) is 0 Å². The second-order valence-electron chi connectivity index (χ2n) is 4.13. The molecule has 0 aromatic rings. The molecule has 0 saturated heterocycles. The summed E-state index contributed by atoms with van der Waals surface area (Å²) in [6, 6.07) is -0.315. The first kappa shape index (κ1) is 12.8. The third-order valence-corrected chi connectivity index (χ3v) is 2.91. The summed E-state index contributed by atoms with van der Waals surface area (Å²) in [5, 5.41) is 28.0. The molecule has 0 rings (SSSR count). The van der Waals surface area contributed by atoms with Crippen LogP contribution in [-0.4, -0.2) is 58.9 Å². The minimum absolute atomic E-state index is 0.0527. The summed E-state index contributed by atoms with van der Waals surface area (Å²) in [4.78, 5) is 0. The molecule has 4 heteroatoms. The maximum absolute atomic E-state index is 9.61. The van der Waals surface area contributed by atoms with Crippen molar-refractivity contribution in [1.82, 2.24) is 0 Å². The molecule has 0 spiro atoms. The number of hydrogen-bond acceptors (Lipinski definition) is 3. The summed E-state index contributed by atoms with van der Waals surface area (Å²) in [6.45, 7) is 4.08. The summed E-state index contributed by atoms with van der Waals surface area (Å²) < 4.78 is 0.400. The Labute approximate surface area is 80.0 Å². The molecule has 0 bridgehead atoms. The van der Waals surface area contributed by atoms with Crippen LogP contribution >= 0.6 is 0 Å². The van der Waals surface area contributed by atoms with Gasteiger partial charge in [-0.25, -0.2) is 0 Å². The first-order valence-electron chi connectivity index (χ1n) is 4.66. The van der Waals surface area contributed by atoms with Crippen molar-refractivity contribution < 1.29 is 19.8 Å². The lowest BCUT2D eigenvalue weighted by molar-refractivity contribution is -0.924. The Kier molecular flexibility index (Phi) is 4.32. The van der Waals surface area contributed by atoms with Crippen LogP contribution in [0.15, 0.2) is 0 Å². The van der Waals surface area contributed by atoms with E-state index in [1.54, 1.807) is 13.8 Å². The maximum Gasteiger partial charge on any atom is 0.216 e. The first-order chi connectivity index (χ1) is 5.78. The van der Waals surface area contributed by atoms with Gasteiger partial charge in [0, 0.05) is 6.42 Å². The van der Waals surface area contributed by atoms with Crippen molar-refractivity contribution in [2.75, 3.05) is 27.2 Å². The van der Waals surface area contributed by atoms with Gasteiger partial charge in [-0.05, 0) is 6.92 Å². The van der Waals surface area contributed by atoms with Gasteiger partial charge in [-0.1, -0.05) is 6.92 Å². The summed E-state index contributed by atoms with van der Waals surface area (Å²) >= 11 is 0. The van der Waals surface area contributed by atoms with Gasteiger partial charge in [0.15, 0.2) is 0 Å². The lowest BCUT2D eigenvalue weighted by Crippen LogP contribution is -2.60. The molecule has 0 aliphatic carbocycles. The predicted molar refractivity (Wildman–Crippen MR) is 51.0 cm³/mol. The number of quaternary nitrogens is 1. The molecule has 0 aromatic heterocycles. The molecular formula is C9H22NO3+. The molecule has 1 atom stereocenters. The first-order valence-corrected chi connectivity index (χ1v) is 4.66. The van der Waals surface area contributed by atoms with E-state index in [9.17, 15) is 10.2 Å². The Morgan fingerprint density at radius 3 is 2.08 bits per heavy atom. The number of aliphatic hydroxyl groups is 3. The summed E-state index contributed by atoms with van der Waals surface area (Å²) in [5.74, 6) is -1.65. The standard InChI is InChI=1S/C9H22NO3/c1-5-9(12,13)8(2)10(3,4)6-7-11/h8,11-13H,5-7H2,1-4H3/q+1. The van der Waals surface area contributed by atoms with Gasteiger partial charge in [-0.2, -0.15) is 0 Å². The van der Waals surface area contributed by atoms with Crippen molar-refractivity contribution >= 4 is 0 Å². The summed E-state index contributed by atoms with van der Waals surface area (Å²) in [6.07, 6.45) is 0.293. The number of hydrogen-bond donors (Lipinski definition) is 3. The molecule has 80 valence electrons. The van der Waals surface area contributed by atoms with Crippen LogP contribution in [0.5, 0.6) is 0 Å². The normalized spacial score (nSPS) is 15.9. The molecule has 3 N–H and O–H groups in total. The topological polar surface area (TPSA) is 60.7 Å². The van der Waals surface area contributed by atoms with Gasteiger partial charge >= 0.3 is 0 Å². The van der Waals surface area contributed by atoms with Gasteiger partial charge in [0.05, 0.1) is 20.7 Å². The highest BCUT2D eigenvalue weighted by Gasteiger charge is 2.40. The maximum atomic E-state index is 9.61. The average Bonchev–Trinajstić information content (AvgIpc) is 2.03. The number of likely N-dealkylation sites (N-methyl/N-ethyl adjacent to an activating group) is 1. The van der Waals surface area contributed by atoms with E-state index in [1.165, 1.54) is 0 Å². The molecule has 13 heavy (non-hydrogen) atoms. The van der Waals surface area contributed by atoms with Crippen LogP contribution in [0.2, 0.25) is 0 Å². The van der Waals surface area contributed by atoms with Crippen molar-refractivity contribution in [3.05, 3.63) is 0 Å². The minimum atomic E-state index is -1.65. The second kappa shape index (κ2) is 4.37. The average molecular weight is 192 g/mol. The summed E-state index contributed by atoms with van der Waals surface area (Å²) in [5.41, 5.74) is 0. The van der Waals surface area contributed by atoms with Gasteiger partial charge in [0.1, 0.15) is 12.6 Å². The third kappa shape index (κ3) is 3.23. The van der Waals surface area contributed by atoms with E-state index in [1.807, 2.05) is 14.1 Å². The zero-order valence-electron chi connectivity index (χ0n) is 8.99. The lowest BCUT2D eigenvalue weighted by Gasteiger charge is -2.41. The monoisotopic (exact) mass is 192 g/mol. The molecule has 0 fully saturated rings. The van der Waals surface area contributed by atoms with Crippen LogP contribution in [0.25, 0.3) is 0 Å². The van der Waals surface area contributed by atoms with E-state index in [4.69, 9.17) is 5.11 Å².